The molecular weight excluding hydrogens is 246 g/mol. The van der Waals surface area contributed by atoms with Gasteiger partial charge in [0.2, 0.25) is 0 Å². The van der Waals surface area contributed by atoms with Gasteiger partial charge in [-0.3, -0.25) is 4.79 Å². The first kappa shape index (κ1) is 12.4. The molecule has 98 valence electrons. The Morgan fingerprint density at radius 2 is 1.40 bits per heavy atom. The van der Waals surface area contributed by atoms with Gasteiger partial charge in [-0.15, -0.1) is 0 Å². The first-order chi connectivity index (χ1) is 9.75. The molecule has 0 radical (unpaired) electrons. The number of nitrogens with one attached hydrogen (secondary N) is 1. The predicted molar refractivity (Wildman–Crippen MR) is 81.6 cm³/mol. The van der Waals surface area contributed by atoms with Crippen molar-refractivity contribution in [3.05, 3.63) is 84.1 Å². The SMILES string of the molecule is C=C1CC(c2ccccc2)=C(c2ccccc2)C(=O)N1. The Labute approximate surface area is 118 Å². The Hall–Kier alpha value is -2.61. The highest BCUT2D eigenvalue weighted by atomic mass is 16.1. The van der Waals surface area contributed by atoms with Crippen LogP contribution in [0, 0.1) is 0 Å². The summed E-state index contributed by atoms with van der Waals surface area (Å²) in [6.07, 6.45) is 0.667. The van der Waals surface area contributed by atoms with Crippen molar-refractivity contribution in [2.45, 2.75) is 6.42 Å². The van der Waals surface area contributed by atoms with Gasteiger partial charge in [-0.05, 0) is 16.7 Å². The van der Waals surface area contributed by atoms with E-state index in [1.807, 2.05) is 60.7 Å². The van der Waals surface area contributed by atoms with Crippen LogP contribution in [0.3, 0.4) is 0 Å². The van der Waals surface area contributed by atoms with Crippen LogP contribution in [0.25, 0.3) is 11.1 Å². The highest BCUT2D eigenvalue weighted by Crippen LogP contribution is 2.33. The maximum atomic E-state index is 12.4. The highest BCUT2D eigenvalue weighted by molar-refractivity contribution is 6.28. The largest absolute Gasteiger partial charge is 0.326 e. The van der Waals surface area contributed by atoms with E-state index < -0.39 is 0 Å². The zero-order valence-electron chi connectivity index (χ0n) is 11.1. The second-order valence-electron chi connectivity index (χ2n) is 4.82. The monoisotopic (exact) mass is 261 g/mol. The summed E-state index contributed by atoms with van der Waals surface area (Å²) in [7, 11) is 0. The summed E-state index contributed by atoms with van der Waals surface area (Å²) in [6, 6.07) is 19.8. The number of hydrogen-bond acceptors (Lipinski definition) is 1. The number of hydrogen-bond donors (Lipinski definition) is 1. The van der Waals surface area contributed by atoms with Gasteiger partial charge in [0.15, 0.2) is 0 Å². The summed E-state index contributed by atoms with van der Waals surface area (Å²) in [5.41, 5.74) is 4.53. The normalized spacial score (nSPS) is 15.2. The standard InChI is InChI=1S/C18H15NO/c1-13-12-16(14-8-4-2-5-9-14)17(18(20)19-13)15-10-6-3-7-11-15/h2-11H,1,12H2,(H,19,20). The van der Waals surface area contributed by atoms with Gasteiger partial charge >= 0.3 is 0 Å². The number of allylic oxidation sites excluding steroid dienone is 1. The maximum Gasteiger partial charge on any atom is 0.256 e. The number of rotatable bonds is 2. The van der Waals surface area contributed by atoms with Crippen LogP contribution in [0.5, 0.6) is 0 Å². The molecule has 20 heavy (non-hydrogen) atoms. The van der Waals surface area contributed by atoms with Gasteiger partial charge in [0.05, 0.1) is 5.57 Å². The number of carbonyl (C=O) groups excluding carboxylic acids is 1. The molecule has 0 spiro atoms. The first-order valence-electron chi connectivity index (χ1n) is 6.59. The smallest absolute Gasteiger partial charge is 0.256 e. The van der Waals surface area contributed by atoms with Crippen LogP contribution >= 0.6 is 0 Å². The minimum Gasteiger partial charge on any atom is -0.326 e. The molecule has 0 bridgehead atoms. The zero-order valence-corrected chi connectivity index (χ0v) is 11.1. The molecule has 0 aliphatic carbocycles. The average Bonchev–Trinajstić information content (AvgIpc) is 2.48. The molecule has 1 N–H and O–H groups in total. The molecular formula is C18H15NO. The third-order valence-corrected chi connectivity index (χ3v) is 3.39. The third kappa shape index (κ3) is 2.28. The van der Waals surface area contributed by atoms with E-state index in [-0.39, 0.29) is 5.91 Å². The quantitative estimate of drug-likeness (QED) is 0.878. The van der Waals surface area contributed by atoms with Crippen molar-refractivity contribution in [3.8, 4) is 0 Å². The van der Waals surface area contributed by atoms with Crippen molar-refractivity contribution in [2.75, 3.05) is 0 Å². The number of carbonyl (C=O) groups is 1. The van der Waals surface area contributed by atoms with Gasteiger partial charge < -0.3 is 5.32 Å². The molecule has 1 amide bonds. The van der Waals surface area contributed by atoms with Crippen molar-refractivity contribution < 1.29 is 4.79 Å². The van der Waals surface area contributed by atoms with E-state index >= 15 is 0 Å². The molecule has 1 aliphatic rings. The molecule has 0 atom stereocenters. The Morgan fingerprint density at radius 3 is 2.00 bits per heavy atom. The van der Waals surface area contributed by atoms with Crippen LogP contribution in [-0.2, 0) is 4.79 Å². The van der Waals surface area contributed by atoms with Crippen molar-refractivity contribution in [3.63, 3.8) is 0 Å². The van der Waals surface area contributed by atoms with E-state index in [1.54, 1.807) is 0 Å². The molecule has 0 fully saturated rings. The highest BCUT2D eigenvalue weighted by Gasteiger charge is 2.24. The van der Waals surface area contributed by atoms with Crippen LogP contribution in [0.15, 0.2) is 72.9 Å². The molecule has 0 aromatic heterocycles. The molecule has 1 aliphatic heterocycles. The Morgan fingerprint density at radius 1 is 0.850 bits per heavy atom. The van der Waals surface area contributed by atoms with E-state index in [9.17, 15) is 4.79 Å². The summed E-state index contributed by atoms with van der Waals surface area (Å²) >= 11 is 0. The summed E-state index contributed by atoms with van der Waals surface area (Å²) in [5.74, 6) is -0.0775. The summed E-state index contributed by atoms with van der Waals surface area (Å²) < 4.78 is 0. The number of amides is 1. The van der Waals surface area contributed by atoms with Crippen LogP contribution in [0.1, 0.15) is 17.5 Å². The molecule has 2 aromatic rings. The van der Waals surface area contributed by atoms with E-state index in [0.29, 0.717) is 6.42 Å². The minimum absolute atomic E-state index is 0.0775. The fraction of sp³-hybridized carbons (Fsp3) is 0.0556. The van der Waals surface area contributed by atoms with Gasteiger partial charge in [0, 0.05) is 12.1 Å². The minimum atomic E-state index is -0.0775. The molecule has 0 saturated carbocycles. The Bertz CT molecular complexity index is 684. The van der Waals surface area contributed by atoms with Gasteiger partial charge in [-0.2, -0.15) is 0 Å². The van der Waals surface area contributed by atoms with Gasteiger partial charge in [-0.1, -0.05) is 67.2 Å². The molecule has 1 heterocycles. The lowest BCUT2D eigenvalue weighted by Gasteiger charge is -2.23. The van der Waals surface area contributed by atoms with E-state index in [4.69, 9.17) is 0 Å². The fourth-order valence-corrected chi connectivity index (χ4v) is 2.50. The summed E-state index contributed by atoms with van der Waals surface area (Å²) in [5, 5.41) is 2.84. The maximum absolute atomic E-state index is 12.4. The van der Waals surface area contributed by atoms with Crippen LogP contribution in [-0.4, -0.2) is 5.91 Å². The molecule has 2 aromatic carbocycles. The molecule has 2 heteroatoms. The molecule has 0 unspecified atom stereocenters. The van der Waals surface area contributed by atoms with Crippen LogP contribution in [0.4, 0.5) is 0 Å². The average molecular weight is 261 g/mol. The second kappa shape index (κ2) is 5.17. The van der Waals surface area contributed by atoms with Gasteiger partial charge in [0.1, 0.15) is 0 Å². The Balaban J connectivity index is 2.21. The zero-order chi connectivity index (χ0) is 13.9. The lowest BCUT2D eigenvalue weighted by atomic mass is 9.88. The lowest BCUT2D eigenvalue weighted by Crippen LogP contribution is -2.28. The lowest BCUT2D eigenvalue weighted by molar-refractivity contribution is -0.115. The van der Waals surface area contributed by atoms with Crippen molar-refractivity contribution in [1.29, 1.82) is 0 Å². The topological polar surface area (TPSA) is 29.1 Å². The fourth-order valence-electron chi connectivity index (χ4n) is 2.50. The molecule has 0 saturated heterocycles. The van der Waals surface area contributed by atoms with E-state index in [0.717, 1.165) is 28.0 Å². The predicted octanol–water partition coefficient (Wildman–Crippen LogP) is 3.63. The third-order valence-electron chi connectivity index (χ3n) is 3.39. The summed E-state index contributed by atoms with van der Waals surface area (Å²) in [6.45, 7) is 3.90. The van der Waals surface area contributed by atoms with Crippen LogP contribution < -0.4 is 5.32 Å². The number of benzene rings is 2. The van der Waals surface area contributed by atoms with Crippen molar-refractivity contribution >= 4 is 17.1 Å². The van der Waals surface area contributed by atoms with Crippen molar-refractivity contribution in [2.24, 2.45) is 0 Å². The molecule has 2 nitrogen and oxygen atoms in total. The van der Waals surface area contributed by atoms with E-state index in [2.05, 4.69) is 11.9 Å². The van der Waals surface area contributed by atoms with Gasteiger partial charge in [-0.25, -0.2) is 0 Å². The Kier molecular flexibility index (Phi) is 3.21. The first-order valence-corrected chi connectivity index (χ1v) is 6.59. The molecule has 3 rings (SSSR count). The van der Waals surface area contributed by atoms with E-state index in [1.165, 1.54) is 0 Å². The van der Waals surface area contributed by atoms with Gasteiger partial charge in [0.25, 0.3) is 5.91 Å². The van der Waals surface area contributed by atoms with Crippen LogP contribution in [0.2, 0.25) is 0 Å². The van der Waals surface area contributed by atoms with Crippen molar-refractivity contribution in [1.82, 2.24) is 5.32 Å². The summed E-state index contributed by atoms with van der Waals surface area (Å²) in [4.78, 5) is 12.4. The second-order valence-corrected chi connectivity index (χ2v) is 4.82.